The van der Waals surface area contributed by atoms with Crippen molar-refractivity contribution in [3.63, 3.8) is 0 Å². The zero-order valence-corrected chi connectivity index (χ0v) is 18.3. The first-order valence-electron chi connectivity index (χ1n) is 11.4. The van der Waals surface area contributed by atoms with Crippen LogP contribution >= 0.6 is 0 Å². The molecule has 4 rings (SSSR count). The summed E-state index contributed by atoms with van der Waals surface area (Å²) in [7, 11) is 1.67. The summed E-state index contributed by atoms with van der Waals surface area (Å²) in [5.74, 6) is 1.42. The van der Waals surface area contributed by atoms with Gasteiger partial charge in [0.2, 0.25) is 0 Å². The van der Waals surface area contributed by atoms with Crippen LogP contribution in [0.25, 0.3) is 0 Å². The van der Waals surface area contributed by atoms with Gasteiger partial charge in [0.15, 0.2) is 11.5 Å². The van der Waals surface area contributed by atoms with Gasteiger partial charge in [0.25, 0.3) is 0 Å². The molecule has 3 aliphatic rings. The first kappa shape index (κ1) is 21.8. The summed E-state index contributed by atoms with van der Waals surface area (Å²) in [6.45, 7) is 8.83. The maximum atomic E-state index is 10.3. The largest absolute Gasteiger partial charge is 0.493 e. The average Bonchev–Trinajstić information content (AvgIpc) is 3.23. The van der Waals surface area contributed by atoms with Gasteiger partial charge in [-0.2, -0.15) is 0 Å². The Morgan fingerprint density at radius 3 is 2.60 bits per heavy atom. The Morgan fingerprint density at radius 1 is 1.10 bits per heavy atom. The third kappa shape index (κ3) is 5.65. The van der Waals surface area contributed by atoms with Crippen LogP contribution in [0.5, 0.6) is 11.5 Å². The fourth-order valence-electron chi connectivity index (χ4n) is 4.89. The number of methoxy groups -OCH3 is 1. The van der Waals surface area contributed by atoms with E-state index in [4.69, 9.17) is 14.2 Å². The smallest absolute Gasteiger partial charge is 0.161 e. The van der Waals surface area contributed by atoms with Gasteiger partial charge in [-0.3, -0.25) is 9.80 Å². The number of nitrogens with one attached hydrogen (secondary N) is 1. The summed E-state index contributed by atoms with van der Waals surface area (Å²) in [6.07, 6.45) is 4.20. The van der Waals surface area contributed by atoms with Gasteiger partial charge in [-0.05, 0) is 43.4 Å². The van der Waals surface area contributed by atoms with Gasteiger partial charge < -0.3 is 24.6 Å². The van der Waals surface area contributed by atoms with Crippen molar-refractivity contribution in [2.45, 2.75) is 43.9 Å². The highest BCUT2D eigenvalue weighted by Gasteiger charge is 2.38. The molecule has 168 valence electrons. The number of likely N-dealkylation sites (tertiary alicyclic amines) is 1. The Kier molecular flexibility index (Phi) is 7.49. The molecule has 2 N–H and O–H groups in total. The van der Waals surface area contributed by atoms with Crippen LogP contribution in [0.3, 0.4) is 0 Å². The molecule has 7 nitrogen and oxygen atoms in total. The van der Waals surface area contributed by atoms with Crippen LogP contribution < -0.4 is 14.8 Å². The molecule has 0 radical (unpaired) electrons. The van der Waals surface area contributed by atoms with Crippen molar-refractivity contribution in [1.29, 1.82) is 0 Å². The van der Waals surface area contributed by atoms with Gasteiger partial charge in [-0.1, -0.05) is 6.07 Å². The van der Waals surface area contributed by atoms with Gasteiger partial charge in [0, 0.05) is 59.0 Å². The van der Waals surface area contributed by atoms with E-state index in [1.54, 1.807) is 7.11 Å². The zero-order chi connectivity index (χ0) is 20.8. The van der Waals surface area contributed by atoms with Gasteiger partial charge in [0.1, 0.15) is 12.7 Å². The number of hydrogen-bond acceptors (Lipinski definition) is 7. The van der Waals surface area contributed by atoms with E-state index in [0.29, 0.717) is 12.3 Å². The summed E-state index contributed by atoms with van der Waals surface area (Å²) < 4.78 is 17.5. The van der Waals surface area contributed by atoms with Gasteiger partial charge in [-0.15, -0.1) is 0 Å². The number of ether oxygens (including phenoxy) is 3. The Balaban J connectivity index is 1.26. The van der Waals surface area contributed by atoms with Crippen LogP contribution in [0.1, 0.15) is 31.2 Å². The highest BCUT2D eigenvalue weighted by molar-refractivity contribution is 5.43. The highest BCUT2D eigenvalue weighted by Crippen LogP contribution is 2.36. The Labute approximate surface area is 180 Å². The van der Waals surface area contributed by atoms with E-state index in [0.717, 1.165) is 71.0 Å². The molecular formula is C23H37N3O4. The minimum Gasteiger partial charge on any atom is -0.493 e. The number of aliphatic hydroxyl groups is 1. The maximum absolute atomic E-state index is 10.3. The Bertz CT molecular complexity index is 664. The van der Waals surface area contributed by atoms with E-state index < -0.39 is 6.10 Å². The van der Waals surface area contributed by atoms with Crippen molar-refractivity contribution >= 4 is 0 Å². The maximum Gasteiger partial charge on any atom is 0.161 e. The van der Waals surface area contributed by atoms with Crippen molar-refractivity contribution in [2.75, 3.05) is 66.1 Å². The molecule has 1 spiro atoms. The fourth-order valence-corrected chi connectivity index (χ4v) is 4.89. The molecule has 0 aliphatic carbocycles. The normalized spacial score (nSPS) is 23.5. The molecule has 1 unspecified atom stereocenters. The lowest BCUT2D eigenvalue weighted by Gasteiger charge is -2.38. The van der Waals surface area contributed by atoms with Gasteiger partial charge >= 0.3 is 0 Å². The van der Waals surface area contributed by atoms with Crippen molar-refractivity contribution in [3.05, 3.63) is 23.8 Å². The minimum atomic E-state index is -0.508. The second kappa shape index (κ2) is 10.3. The number of nitrogens with zero attached hydrogens (tertiary/aromatic N) is 2. The lowest BCUT2D eigenvalue weighted by molar-refractivity contribution is -0.0447. The van der Waals surface area contributed by atoms with Crippen molar-refractivity contribution < 1.29 is 19.3 Å². The number of rotatable bonds is 8. The molecule has 3 saturated heterocycles. The Hall–Kier alpha value is -1.38. The number of β-amino-alcohol motifs (C(OH)–C–C–N with tert-alkyl or cyclic N) is 1. The van der Waals surface area contributed by atoms with Crippen molar-refractivity contribution in [2.24, 2.45) is 0 Å². The monoisotopic (exact) mass is 419 g/mol. The third-order valence-electron chi connectivity index (χ3n) is 6.70. The van der Waals surface area contributed by atoms with E-state index in [-0.39, 0.29) is 12.2 Å². The SMILES string of the molecule is COc1cc(CN2CCC3(CCCO3)CC2)ccc1OCC(O)CN1CCNCC1. The molecule has 1 aromatic carbocycles. The van der Waals surface area contributed by atoms with Crippen LogP contribution in [0.2, 0.25) is 0 Å². The molecule has 3 heterocycles. The molecule has 3 fully saturated rings. The van der Waals surface area contributed by atoms with E-state index in [9.17, 15) is 5.11 Å². The molecule has 1 aromatic rings. The van der Waals surface area contributed by atoms with Crippen LogP contribution in [0.15, 0.2) is 18.2 Å². The molecule has 3 aliphatic heterocycles. The lowest BCUT2D eigenvalue weighted by atomic mass is 9.88. The van der Waals surface area contributed by atoms with Crippen molar-refractivity contribution in [1.82, 2.24) is 15.1 Å². The van der Waals surface area contributed by atoms with Gasteiger partial charge in [0.05, 0.1) is 12.7 Å². The zero-order valence-electron chi connectivity index (χ0n) is 18.3. The number of aliphatic hydroxyl groups excluding tert-OH is 1. The van der Waals surface area contributed by atoms with Crippen LogP contribution in [0.4, 0.5) is 0 Å². The molecule has 0 saturated carbocycles. The summed E-state index contributed by atoms with van der Waals surface area (Å²) in [6, 6.07) is 6.14. The molecule has 0 bridgehead atoms. The highest BCUT2D eigenvalue weighted by atomic mass is 16.5. The number of benzene rings is 1. The van der Waals surface area contributed by atoms with Crippen molar-refractivity contribution in [3.8, 4) is 11.5 Å². The molecule has 30 heavy (non-hydrogen) atoms. The van der Waals surface area contributed by atoms with Crippen LogP contribution in [-0.2, 0) is 11.3 Å². The summed E-state index contributed by atoms with van der Waals surface area (Å²) in [5, 5.41) is 13.7. The summed E-state index contributed by atoms with van der Waals surface area (Å²) in [4.78, 5) is 4.77. The minimum absolute atomic E-state index is 0.164. The predicted octanol–water partition coefficient (Wildman–Crippen LogP) is 1.49. The Morgan fingerprint density at radius 2 is 1.90 bits per heavy atom. The first-order chi connectivity index (χ1) is 14.7. The average molecular weight is 420 g/mol. The first-order valence-corrected chi connectivity index (χ1v) is 11.4. The second-order valence-electron chi connectivity index (χ2n) is 8.91. The second-order valence-corrected chi connectivity index (χ2v) is 8.91. The third-order valence-corrected chi connectivity index (χ3v) is 6.70. The lowest BCUT2D eigenvalue weighted by Crippen LogP contribution is -2.47. The summed E-state index contributed by atoms with van der Waals surface area (Å²) in [5.41, 5.74) is 1.39. The number of piperidine rings is 1. The van der Waals surface area contributed by atoms with E-state index >= 15 is 0 Å². The molecular weight excluding hydrogens is 382 g/mol. The molecule has 7 heteroatoms. The molecule has 1 atom stereocenters. The predicted molar refractivity (Wildman–Crippen MR) is 116 cm³/mol. The van der Waals surface area contributed by atoms with E-state index in [1.807, 2.05) is 6.07 Å². The van der Waals surface area contributed by atoms with E-state index in [1.165, 1.54) is 18.4 Å². The standard InChI is InChI=1S/C23H37N3O4/c1-28-22-15-19(16-25-10-6-23(7-11-25)5-2-14-30-23)3-4-21(22)29-18-20(27)17-26-12-8-24-9-13-26/h3-4,15,20,24,27H,2,5-14,16-18H2,1H3. The quantitative estimate of drug-likeness (QED) is 0.662. The van der Waals surface area contributed by atoms with Crippen LogP contribution in [0, 0.1) is 0 Å². The summed E-state index contributed by atoms with van der Waals surface area (Å²) >= 11 is 0. The van der Waals surface area contributed by atoms with Gasteiger partial charge in [-0.25, -0.2) is 0 Å². The van der Waals surface area contributed by atoms with Crippen LogP contribution in [-0.4, -0.2) is 92.7 Å². The molecule has 0 amide bonds. The van der Waals surface area contributed by atoms with E-state index in [2.05, 4.69) is 27.2 Å². The fraction of sp³-hybridized carbons (Fsp3) is 0.739. The molecule has 0 aromatic heterocycles. The number of piperazine rings is 1. The number of hydrogen-bond donors (Lipinski definition) is 2. The topological polar surface area (TPSA) is 66.4 Å².